The lowest BCUT2D eigenvalue weighted by Gasteiger charge is -2.19. The lowest BCUT2D eigenvalue weighted by Crippen LogP contribution is -2.40. The SMILES string of the molecule is NC(=O)NC(=O)[C@H](Nc1ccc(-c2nc3ccccc3s2)cc1)c1ccccc1. The van der Waals surface area contributed by atoms with E-state index in [1.807, 2.05) is 78.9 Å². The third-order valence-corrected chi connectivity index (χ3v) is 5.46. The standard InChI is InChI=1S/C22H18N4O2S/c23-22(28)26-20(27)19(14-6-2-1-3-7-14)24-16-12-10-15(11-13-16)21-25-17-8-4-5-9-18(17)29-21/h1-13,19,24H,(H3,23,26,27,28)/t19-/m1/s1. The lowest BCUT2D eigenvalue weighted by molar-refractivity contribution is -0.120. The number of anilines is 1. The lowest BCUT2D eigenvalue weighted by atomic mass is 10.1. The van der Waals surface area contributed by atoms with E-state index in [0.717, 1.165) is 32.0 Å². The number of fused-ring (bicyclic) bond motifs is 1. The predicted molar refractivity (Wildman–Crippen MR) is 116 cm³/mol. The van der Waals surface area contributed by atoms with Crippen molar-refractivity contribution in [2.75, 3.05) is 5.32 Å². The number of hydrogen-bond donors (Lipinski definition) is 3. The van der Waals surface area contributed by atoms with Gasteiger partial charge in [0, 0.05) is 11.3 Å². The smallest absolute Gasteiger partial charge is 0.318 e. The van der Waals surface area contributed by atoms with Gasteiger partial charge in [0.05, 0.1) is 10.2 Å². The fourth-order valence-electron chi connectivity index (χ4n) is 3.01. The van der Waals surface area contributed by atoms with Crippen molar-refractivity contribution < 1.29 is 9.59 Å². The molecule has 0 saturated carbocycles. The summed E-state index contributed by atoms with van der Waals surface area (Å²) in [6.07, 6.45) is 0. The summed E-state index contributed by atoms with van der Waals surface area (Å²) in [5.74, 6) is -0.515. The molecular weight excluding hydrogens is 384 g/mol. The predicted octanol–water partition coefficient (Wildman–Crippen LogP) is 4.31. The van der Waals surface area contributed by atoms with Crippen LogP contribution in [0.15, 0.2) is 78.9 Å². The zero-order valence-corrected chi connectivity index (χ0v) is 16.1. The molecule has 0 aliphatic rings. The summed E-state index contributed by atoms with van der Waals surface area (Å²) in [6, 6.07) is 23.2. The van der Waals surface area contributed by atoms with Gasteiger partial charge in [-0.1, -0.05) is 42.5 Å². The van der Waals surface area contributed by atoms with Crippen LogP contribution in [0.3, 0.4) is 0 Å². The van der Waals surface area contributed by atoms with E-state index in [0.29, 0.717) is 0 Å². The molecule has 29 heavy (non-hydrogen) atoms. The van der Waals surface area contributed by atoms with E-state index >= 15 is 0 Å². The van der Waals surface area contributed by atoms with E-state index in [9.17, 15) is 9.59 Å². The molecule has 1 atom stereocenters. The van der Waals surface area contributed by atoms with Gasteiger partial charge in [-0.15, -0.1) is 11.3 Å². The first-order chi connectivity index (χ1) is 14.1. The van der Waals surface area contributed by atoms with Gasteiger partial charge in [-0.25, -0.2) is 9.78 Å². The van der Waals surface area contributed by atoms with E-state index in [1.165, 1.54) is 0 Å². The summed E-state index contributed by atoms with van der Waals surface area (Å²) < 4.78 is 1.14. The molecule has 0 aliphatic heterocycles. The van der Waals surface area contributed by atoms with Gasteiger partial charge in [-0.05, 0) is 42.0 Å². The third kappa shape index (κ3) is 4.25. The Kier molecular flexibility index (Phi) is 5.22. The molecule has 4 rings (SSSR count). The highest BCUT2D eigenvalue weighted by molar-refractivity contribution is 7.21. The Balaban J connectivity index is 1.58. The molecule has 0 aliphatic carbocycles. The first kappa shape index (κ1) is 18.6. The fraction of sp³-hybridized carbons (Fsp3) is 0.0455. The summed E-state index contributed by atoms with van der Waals surface area (Å²) in [5, 5.41) is 6.25. The second-order valence-electron chi connectivity index (χ2n) is 6.41. The van der Waals surface area contributed by atoms with Gasteiger partial charge >= 0.3 is 6.03 Å². The van der Waals surface area contributed by atoms with Gasteiger partial charge in [0.1, 0.15) is 11.0 Å². The van der Waals surface area contributed by atoms with Crippen molar-refractivity contribution in [1.82, 2.24) is 10.3 Å². The first-order valence-corrected chi connectivity index (χ1v) is 9.79. The Bertz CT molecular complexity index is 1120. The van der Waals surface area contributed by atoms with Crippen molar-refractivity contribution in [3.8, 4) is 10.6 Å². The highest BCUT2D eigenvalue weighted by Gasteiger charge is 2.21. The van der Waals surface area contributed by atoms with E-state index < -0.39 is 18.0 Å². The fourth-order valence-corrected chi connectivity index (χ4v) is 3.98. The van der Waals surface area contributed by atoms with E-state index in [1.54, 1.807) is 11.3 Å². The van der Waals surface area contributed by atoms with E-state index in [2.05, 4.69) is 15.6 Å². The second-order valence-corrected chi connectivity index (χ2v) is 7.44. The Morgan fingerprint density at radius 2 is 1.59 bits per heavy atom. The zero-order valence-electron chi connectivity index (χ0n) is 15.3. The maximum atomic E-state index is 12.5. The average Bonchev–Trinajstić information content (AvgIpc) is 3.17. The van der Waals surface area contributed by atoms with Crippen molar-refractivity contribution in [2.24, 2.45) is 5.73 Å². The highest BCUT2D eigenvalue weighted by atomic mass is 32.1. The maximum absolute atomic E-state index is 12.5. The van der Waals surface area contributed by atoms with Gasteiger partial charge in [0.25, 0.3) is 5.91 Å². The molecule has 0 radical (unpaired) electrons. The number of benzene rings is 3. The van der Waals surface area contributed by atoms with Crippen LogP contribution < -0.4 is 16.4 Å². The number of urea groups is 1. The number of nitrogens with two attached hydrogens (primary N) is 1. The molecule has 0 saturated heterocycles. The molecule has 3 aromatic carbocycles. The number of thiazole rings is 1. The van der Waals surface area contributed by atoms with Crippen molar-refractivity contribution in [3.63, 3.8) is 0 Å². The Morgan fingerprint density at radius 1 is 0.897 bits per heavy atom. The summed E-state index contributed by atoms with van der Waals surface area (Å²) in [5.41, 5.74) is 8.55. The number of rotatable bonds is 5. The number of nitrogens with zero attached hydrogens (tertiary/aromatic N) is 1. The minimum absolute atomic E-state index is 0.515. The molecule has 0 fully saturated rings. The van der Waals surface area contributed by atoms with Gasteiger partial charge in [-0.3, -0.25) is 10.1 Å². The number of aromatic nitrogens is 1. The average molecular weight is 402 g/mol. The topological polar surface area (TPSA) is 97.1 Å². The van der Waals surface area contributed by atoms with Crippen LogP contribution in [0.5, 0.6) is 0 Å². The van der Waals surface area contributed by atoms with Crippen molar-refractivity contribution in [2.45, 2.75) is 6.04 Å². The van der Waals surface area contributed by atoms with Gasteiger partial charge in [-0.2, -0.15) is 0 Å². The summed E-state index contributed by atoms with van der Waals surface area (Å²) in [6.45, 7) is 0. The van der Waals surface area contributed by atoms with Crippen molar-refractivity contribution >= 4 is 39.2 Å². The molecule has 0 unspecified atom stereocenters. The van der Waals surface area contributed by atoms with Crippen LogP contribution in [0.1, 0.15) is 11.6 Å². The van der Waals surface area contributed by atoms with Crippen LogP contribution in [-0.2, 0) is 4.79 Å². The number of carbonyl (C=O) groups is 2. The summed E-state index contributed by atoms with van der Waals surface area (Å²) in [7, 11) is 0. The molecule has 1 heterocycles. The molecule has 4 N–H and O–H groups in total. The number of nitrogens with one attached hydrogen (secondary N) is 2. The summed E-state index contributed by atoms with van der Waals surface area (Å²) >= 11 is 1.63. The van der Waals surface area contributed by atoms with Crippen molar-refractivity contribution in [1.29, 1.82) is 0 Å². The summed E-state index contributed by atoms with van der Waals surface area (Å²) in [4.78, 5) is 28.3. The molecule has 0 spiro atoms. The molecule has 4 aromatic rings. The van der Waals surface area contributed by atoms with Crippen molar-refractivity contribution in [3.05, 3.63) is 84.4 Å². The van der Waals surface area contributed by atoms with Crippen LogP contribution in [-0.4, -0.2) is 16.9 Å². The van der Waals surface area contributed by atoms with Crippen LogP contribution >= 0.6 is 11.3 Å². The van der Waals surface area contributed by atoms with Gasteiger partial charge < -0.3 is 11.1 Å². The largest absolute Gasteiger partial charge is 0.370 e. The highest BCUT2D eigenvalue weighted by Crippen LogP contribution is 2.31. The number of primary amides is 1. The van der Waals surface area contributed by atoms with Crippen LogP contribution in [0.25, 0.3) is 20.8 Å². The minimum atomic E-state index is -0.885. The van der Waals surface area contributed by atoms with Crippen LogP contribution in [0.4, 0.5) is 10.5 Å². The zero-order chi connectivity index (χ0) is 20.2. The molecule has 0 bridgehead atoms. The third-order valence-electron chi connectivity index (χ3n) is 4.38. The maximum Gasteiger partial charge on any atom is 0.318 e. The van der Waals surface area contributed by atoms with E-state index in [-0.39, 0.29) is 0 Å². The number of amides is 3. The number of para-hydroxylation sites is 1. The van der Waals surface area contributed by atoms with Crippen LogP contribution in [0.2, 0.25) is 0 Å². The number of carbonyl (C=O) groups excluding carboxylic acids is 2. The Hall–Kier alpha value is -3.71. The number of hydrogen-bond acceptors (Lipinski definition) is 5. The van der Waals surface area contributed by atoms with Crippen LogP contribution in [0, 0.1) is 0 Å². The molecule has 144 valence electrons. The molecule has 3 amide bonds. The second kappa shape index (κ2) is 8.12. The Morgan fingerprint density at radius 3 is 2.28 bits per heavy atom. The van der Waals surface area contributed by atoms with Gasteiger partial charge in [0.15, 0.2) is 0 Å². The molecule has 1 aromatic heterocycles. The molecular formula is C22H18N4O2S. The first-order valence-electron chi connectivity index (χ1n) is 8.98. The minimum Gasteiger partial charge on any atom is -0.370 e. The Labute approximate surface area is 171 Å². The van der Waals surface area contributed by atoms with Gasteiger partial charge in [0.2, 0.25) is 0 Å². The molecule has 6 nitrogen and oxygen atoms in total. The monoisotopic (exact) mass is 402 g/mol. The molecule has 7 heteroatoms. The normalized spacial score (nSPS) is 11.7. The number of imide groups is 1. The quantitative estimate of drug-likeness (QED) is 0.463. The van der Waals surface area contributed by atoms with E-state index in [4.69, 9.17) is 5.73 Å².